The van der Waals surface area contributed by atoms with Crippen LogP contribution in [0.5, 0.6) is 0 Å². The Morgan fingerprint density at radius 1 is 1.12 bits per heavy atom. The van der Waals surface area contributed by atoms with Crippen molar-refractivity contribution in [2.45, 2.75) is 12.5 Å². The van der Waals surface area contributed by atoms with E-state index < -0.39 is 35.1 Å². The van der Waals surface area contributed by atoms with E-state index in [0.717, 1.165) is 17.7 Å². The number of ether oxygens (including phenoxy) is 1. The summed E-state index contributed by atoms with van der Waals surface area (Å²) in [6, 6.07) is 8.81. The minimum atomic E-state index is -0.937. The fourth-order valence-electron chi connectivity index (χ4n) is 2.12. The van der Waals surface area contributed by atoms with Gasteiger partial charge in [-0.05, 0) is 36.2 Å². The Hall–Kier alpha value is -2.80. The van der Waals surface area contributed by atoms with Crippen molar-refractivity contribution in [2.24, 2.45) is 5.73 Å². The molecule has 2 rings (SSSR count). The SMILES string of the molecule is COC(=O)[C@@H](N)Cc1ccc(NC(=O)c2c(F)cccc2F)cc1. The van der Waals surface area contributed by atoms with Gasteiger partial charge in [0.15, 0.2) is 0 Å². The average molecular weight is 334 g/mol. The molecule has 0 unspecified atom stereocenters. The van der Waals surface area contributed by atoms with Crippen LogP contribution in [0.1, 0.15) is 15.9 Å². The van der Waals surface area contributed by atoms with E-state index >= 15 is 0 Å². The standard InChI is InChI=1S/C17H16F2N2O3/c1-24-17(23)14(20)9-10-5-7-11(8-6-10)21-16(22)15-12(18)3-2-4-13(15)19/h2-8,14H,9,20H2,1H3,(H,21,22)/t14-/m0/s1. The zero-order valence-electron chi connectivity index (χ0n) is 12.9. The first-order chi connectivity index (χ1) is 11.4. The fourth-order valence-corrected chi connectivity index (χ4v) is 2.12. The molecule has 0 saturated heterocycles. The number of nitrogens with two attached hydrogens (primary N) is 1. The van der Waals surface area contributed by atoms with E-state index in [9.17, 15) is 18.4 Å². The third kappa shape index (κ3) is 4.14. The number of methoxy groups -OCH3 is 1. The molecule has 0 radical (unpaired) electrons. The van der Waals surface area contributed by atoms with Gasteiger partial charge >= 0.3 is 5.97 Å². The molecule has 0 aromatic heterocycles. The van der Waals surface area contributed by atoms with Crippen LogP contribution < -0.4 is 11.1 Å². The van der Waals surface area contributed by atoms with Crippen LogP contribution >= 0.6 is 0 Å². The molecule has 0 aliphatic rings. The van der Waals surface area contributed by atoms with E-state index in [-0.39, 0.29) is 6.42 Å². The molecule has 0 heterocycles. The van der Waals surface area contributed by atoms with Gasteiger partial charge in [-0.3, -0.25) is 9.59 Å². The molecule has 0 spiro atoms. The molecular formula is C17H16F2N2O3. The van der Waals surface area contributed by atoms with Gasteiger partial charge in [0.2, 0.25) is 0 Å². The van der Waals surface area contributed by atoms with Crippen LogP contribution in [-0.2, 0) is 16.0 Å². The zero-order valence-corrected chi connectivity index (χ0v) is 12.9. The smallest absolute Gasteiger partial charge is 0.322 e. The molecule has 2 aromatic rings. The van der Waals surface area contributed by atoms with Crippen LogP contribution in [0.25, 0.3) is 0 Å². The fraction of sp³-hybridized carbons (Fsp3) is 0.176. The number of hydrogen-bond donors (Lipinski definition) is 2. The highest BCUT2D eigenvalue weighted by molar-refractivity contribution is 6.04. The summed E-state index contributed by atoms with van der Waals surface area (Å²) in [6.07, 6.45) is 0.267. The third-order valence-corrected chi connectivity index (χ3v) is 3.36. The Kier molecular flexibility index (Phi) is 5.59. The van der Waals surface area contributed by atoms with Crippen LogP contribution in [0.2, 0.25) is 0 Å². The summed E-state index contributed by atoms with van der Waals surface area (Å²) in [7, 11) is 1.25. The molecule has 1 atom stereocenters. The Labute approximate surface area is 137 Å². The van der Waals surface area contributed by atoms with Crippen LogP contribution in [-0.4, -0.2) is 25.0 Å². The second-order valence-electron chi connectivity index (χ2n) is 5.08. The molecule has 1 amide bonds. The van der Waals surface area contributed by atoms with Gasteiger partial charge in [-0.15, -0.1) is 0 Å². The van der Waals surface area contributed by atoms with E-state index in [2.05, 4.69) is 10.1 Å². The van der Waals surface area contributed by atoms with Gasteiger partial charge in [0.25, 0.3) is 5.91 Å². The number of rotatable bonds is 5. The van der Waals surface area contributed by atoms with Crippen molar-refractivity contribution >= 4 is 17.6 Å². The molecule has 7 heteroatoms. The van der Waals surface area contributed by atoms with Crippen LogP contribution in [0, 0.1) is 11.6 Å². The lowest BCUT2D eigenvalue weighted by Gasteiger charge is -2.10. The molecule has 0 bridgehead atoms. The number of nitrogens with one attached hydrogen (secondary N) is 1. The van der Waals surface area contributed by atoms with Crippen molar-refractivity contribution < 1.29 is 23.1 Å². The molecule has 0 aliphatic heterocycles. The van der Waals surface area contributed by atoms with Crippen molar-refractivity contribution in [3.05, 3.63) is 65.2 Å². The maximum atomic E-state index is 13.6. The molecule has 126 valence electrons. The number of amides is 1. The van der Waals surface area contributed by atoms with E-state index in [1.54, 1.807) is 24.3 Å². The minimum absolute atomic E-state index is 0.267. The quantitative estimate of drug-likeness (QED) is 0.822. The largest absolute Gasteiger partial charge is 0.468 e. The predicted molar refractivity (Wildman–Crippen MR) is 84.4 cm³/mol. The summed E-state index contributed by atoms with van der Waals surface area (Å²) in [5.74, 6) is -3.28. The zero-order chi connectivity index (χ0) is 17.7. The predicted octanol–water partition coefficient (Wildman–Crippen LogP) is 2.26. The summed E-state index contributed by atoms with van der Waals surface area (Å²) in [5.41, 5.74) is 6.13. The van der Waals surface area contributed by atoms with Gasteiger partial charge < -0.3 is 15.8 Å². The Morgan fingerprint density at radius 2 is 1.71 bits per heavy atom. The van der Waals surface area contributed by atoms with E-state index in [0.29, 0.717) is 5.69 Å². The summed E-state index contributed by atoms with van der Waals surface area (Å²) < 4.78 is 31.7. The number of anilines is 1. The Balaban J connectivity index is 2.06. The number of halogens is 2. The van der Waals surface area contributed by atoms with Gasteiger partial charge in [-0.1, -0.05) is 18.2 Å². The van der Waals surface area contributed by atoms with Crippen molar-refractivity contribution in [1.82, 2.24) is 0 Å². The van der Waals surface area contributed by atoms with Crippen LogP contribution in [0.15, 0.2) is 42.5 Å². The lowest BCUT2D eigenvalue weighted by molar-refractivity contribution is -0.142. The summed E-state index contributed by atoms with van der Waals surface area (Å²) in [6.45, 7) is 0. The third-order valence-electron chi connectivity index (χ3n) is 3.36. The Bertz CT molecular complexity index is 728. The highest BCUT2D eigenvalue weighted by atomic mass is 19.1. The van der Waals surface area contributed by atoms with Crippen LogP contribution in [0.4, 0.5) is 14.5 Å². The van der Waals surface area contributed by atoms with Crippen molar-refractivity contribution in [1.29, 1.82) is 0 Å². The summed E-state index contributed by atoms with van der Waals surface area (Å²) >= 11 is 0. The first kappa shape index (κ1) is 17.6. The van der Waals surface area contributed by atoms with Gasteiger partial charge in [0, 0.05) is 5.69 Å². The molecule has 3 N–H and O–H groups in total. The number of carbonyl (C=O) groups excluding carboxylic acids is 2. The highest BCUT2D eigenvalue weighted by Gasteiger charge is 2.17. The highest BCUT2D eigenvalue weighted by Crippen LogP contribution is 2.16. The van der Waals surface area contributed by atoms with E-state index in [1.807, 2.05) is 0 Å². The first-order valence-electron chi connectivity index (χ1n) is 7.10. The van der Waals surface area contributed by atoms with Crippen molar-refractivity contribution in [3.8, 4) is 0 Å². The van der Waals surface area contributed by atoms with Gasteiger partial charge in [-0.25, -0.2) is 8.78 Å². The molecule has 24 heavy (non-hydrogen) atoms. The van der Waals surface area contributed by atoms with Crippen LogP contribution in [0.3, 0.4) is 0 Å². The van der Waals surface area contributed by atoms with Gasteiger partial charge in [0.1, 0.15) is 23.2 Å². The lowest BCUT2D eigenvalue weighted by Crippen LogP contribution is -2.33. The number of benzene rings is 2. The maximum absolute atomic E-state index is 13.6. The minimum Gasteiger partial charge on any atom is -0.468 e. The average Bonchev–Trinajstić information content (AvgIpc) is 2.55. The normalized spacial score (nSPS) is 11.7. The second-order valence-corrected chi connectivity index (χ2v) is 5.08. The van der Waals surface area contributed by atoms with E-state index in [1.165, 1.54) is 13.2 Å². The van der Waals surface area contributed by atoms with Gasteiger partial charge in [0.05, 0.1) is 7.11 Å². The lowest BCUT2D eigenvalue weighted by atomic mass is 10.1. The van der Waals surface area contributed by atoms with E-state index in [4.69, 9.17) is 5.73 Å². The number of carbonyl (C=O) groups is 2. The maximum Gasteiger partial charge on any atom is 0.322 e. The second kappa shape index (κ2) is 7.65. The van der Waals surface area contributed by atoms with Crippen molar-refractivity contribution in [3.63, 3.8) is 0 Å². The van der Waals surface area contributed by atoms with Gasteiger partial charge in [-0.2, -0.15) is 0 Å². The summed E-state index contributed by atoms with van der Waals surface area (Å²) in [4.78, 5) is 23.2. The molecule has 0 saturated carbocycles. The molecule has 0 aliphatic carbocycles. The monoisotopic (exact) mass is 334 g/mol. The molecular weight excluding hydrogens is 318 g/mol. The Morgan fingerprint density at radius 3 is 2.25 bits per heavy atom. The number of hydrogen-bond acceptors (Lipinski definition) is 4. The summed E-state index contributed by atoms with van der Waals surface area (Å²) in [5, 5.41) is 2.41. The number of esters is 1. The first-order valence-corrected chi connectivity index (χ1v) is 7.10. The molecule has 5 nitrogen and oxygen atoms in total. The van der Waals surface area contributed by atoms with Crippen molar-refractivity contribution in [2.75, 3.05) is 12.4 Å². The molecule has 2 aromatic carbocycles. The molecule has 0 fully saturated rings. The topological polar surface area (TPSA) is 81.4 Å².